The fraction of sp³-hybridized carbons (Fsp3) is 0.786. The number of piperidine rings is 1. The highest BCUT2D eigenvalue weighted by atomic mass is 35.5. The lowest BCUT2D eigenvalue weighted by Gasteiger charge is -2.33. The van der Waals surface area contributed by atoms with Gasteiger partial charge in [-0.3, -0.25) is 14.4 Å². The quantitative estimate of drug-likeness (QED) is 0.597. The van der Waals surface area contributed by atoms with Crippen LogP contribution >= 0.6 is 24.2 Å². The average molecular weight is 368 g/mol. The van der Waals surface area contributed by atoms with Crippen LogP contribution in [0.2, 0.25) is 0 Å². The lowest BCUT2D eigenvalue weighted by Crippen LogP contribution is -2.50. The number of nitrogens with zero attached hydrogens (tertiary/aromatic N) is 1. The van der Waals surface area contributed by atoms with Crippen LogP contribution in [0.3, 0.4) is 0 Å². The average Bonchev–Trinajstić information content (AvgIpc) is 2.51. The number of halogens is 1. The maximum Gasteiger partial charge on any atom is 0.325 e. The third kappa shape index (κ3) is 6.97. The Labute approximate surface area is 147 Å². The number of likely N-dealkylation sites (tertiary alicyclic amines) is 1. The summed E-state index contributed by atoms with van der Waals surface area (Å²) in [4.78, 5) is 36.6. The molecular weight excluding hydrogens is 342 g/mol. The zero-order chi connectivity index (χ0) is 16.7. The number of hydrogen-bond donors (Lipinski definition) is 3. The molecule has 23 heavy (non-hydrogen) atoms. The summed E-state index contributed by atoms with van der Waals surface area (Å²) in [6.07, 6.45) is 3.70. The van der Waals surface area contributed by atoms with Gasteiger partial charge in [0.05, 0.1) is 6.04 Å². The minimum absolute atomic E-state index is 0. The Hall–Kier alpha value is -0.990. The molecule has 7 nitrogen and oxygen atoms in total. The third-order valence-corrected chi connectivity index (χ3v) is 4.50. The van der Waals surface area contributed by atoms with Gasteiger partial charge in [0.2, 0.25) is 11.8 Å². The van der Waals surface area contributed by atoms with E-state index >= 15 is 0 Å². The molecular formula is C14H26ClN3O4S. The summed E-state index contributed by atoms with van der Waals surface area (Å²) in [5.74, 6) is -0.770. The normalized spacial score (nSPS) is 17.8. The highest BCUT2D eigenvalue weighted by molar-refractivity contribution is 7.98. The Balaban J connectivity index is 0.00000484. The first kappa shape index (κ1) is 22.0. The molecule has 0 aromatic heterocycles. The van der Waals surface area contributed by atoms with E-state index in [-0.39, 0.29) is 30.1 Å². The summed E-state index contributed by atoms with van der Waals surface area (Å²) in [6, 6.07) is -1.38. The van der Waals surface area contributed by atoms with Gasteiger partial charge in [-0.2, -0.15) is 11.8 Å². The smallest absolute Gasteiger partial charge is 0.325 e. The standard InChI is InChI=1S/C14H25N3O4S.ClH/c1-9(14(20)21)16-12(18)10-3-6-17(7-4-10)13(19)11(15)5-8-22-2;/h9-11H,3-8,15H2,1-2H3,(H,16,18)(H,20,21);1H. The van der Waals surface area contributed by atoms with Crippen molar-refractivity contribution in [3.63, 3.8) is 0 Å². The van der Waals surface area contributed by atoms with Crippen LogP contribution in [-0.2, 0) is 14.4 Å². The summed E-state index contributed by atoms with van der Waals surface area (Å²) in [5, 5.41) is 11.3. The van der Waals surface area contributed by atoms with E-state index in [1.54, 1.807) is 16.7 Å². The lowest BCUT2D eigenvalue weighted by atomic mass is 9.95. The fourth-order valence-corrected chi connectivity index (χ4v) is 2.85. The van der Waals surface area contributed by atoms with Crippen molar-refractivity contribution >= 4 is 42.0 Å². The van der Waals surface area contributed by atoms with Crippen molar-refractivity contribution in [2.24, 2.45) is 11.7 Å². The van der Waals surface area contributed by atoms with E-state index in [0.29, 0.717) is 32.4 Å². The molecule has 0 aliphatic carbocycles. The van der Waals surface area contributed by atoms with Gasteiger partial charge >= 0.3 is 5.97 Å². The first-order valence-corrected chi connectivity index (χ1v) is 8.82. The van der Waals surface area contributed by atoms with Gasteiger partial charge in [-0.1, -0.05) is 0 Å². The van der Waals surface area contributed by atoms with Gasteiger partial charge in [0.1, 0.15) is 6.04 Å². The van der Waals surface area contributed by atoms with E-state index in [2.05, 4.69) is 5.32 Å². The molecule has 1 fully saturated rings. The van der Waals surface area contributed by atoms with Crippen molar-refractivity contribution in [3.8, 4) is 0 Å². The number of rotatable bonds is 7. The molecule has 0 bridgehead atoms. The van der Waals surface area contributed by atoms with E-state index < -0.39 is 18.1 Å². The van der Waals surface area contributed by atoms with Crippen LogP contribution in [0.1, 0.15) is 26.2 Å². The van der Waals surface area contributed by atoms with E-state index in [1.807, 2.05) is 6.26 Å². The maximum absolute atomic E-state index is 12.2. The number of carboxylic acids is 1. The number of nitrogens with one attached hydrogen (secondary N) is 1. The molecule has 2 atom stereocenters. The minimum atomic E-state index is -1.05. The van der Waals surface area contributed by atoms with Gasteiger partial charge in [-0.25, -0.2) is 0 Å². The Morgan fingerprint density at radius 2 is 1.91 bits per heavy atom. The zero-order valence-electron chi connectivity index (χ0n) is 13.5. The summed E-state index contributed by atoms with van der Waals surface area (Å²) in [5.41, 5.74) is 5.88. The van der Waals surface area contributed by atoms with Crippen molar-refractivity contribution < 1.29 is 19.5 Å². The summed E-state index contributed by atoms with van der Waals surface area (Å²) in [7, 11) is 0. The Morgan fingerprint density at radius 1 is 1.35 bits per heavy atom. The molecule has 2 amide bonds. The van der Waals surface area contributed by atoms with Crippen molar-refractivity contribution in [1.29, 1.82) is 0 Å². The Kier molecular flexibility index (Phi) is 10.3. The monoisotopic (exact) mass is 367 g/mol. The van der Waals surface area contributed by atoms with Crippen LogP contribution in [0.5, 0.6) is 0 Å². The van der Waals surface area contributed by atoms with Gasteiger partial charge in [-0.15, -0.1) is 12.4 Å². The third-order valence-electron chi connectivity index (χ3n) is 3.86. The van der Waals surface area contributed by atoms with Crippen LogP contribution in [0, 0.1) is 5.92 Å². The molecule has 1 aliphatic rings. The number of carboxylic acid groups (broad SMARTS) is 1. The number of aliphatic carboxylic acids is 1. The topological polar surface area (TPSA) is 113 Å². The number of hydrogen-bond acceptors (Lipinski definition) is 5. The van der Waals surface area contributed by atoms with Crippen LogP contribution < -0.4 is 11.1 Å². The van der Waals surface area contributed by atoms with Gasteiger partial charge in [-0.05, 0) is 38.2 Å². The zero-order valence-corrected chi connectivity index (χ0v) is 15.1. The number of amides is 2. The van der Waals surface area contributed by atoms with Crippen LogP contribution in [0.4, 0.5) is 0 Å². The molecule has 1 rings (SSSR count). The van der Waals surface area contributed by atoms with Crippen LogP contribution in [0.15, 0.2) is 0 Å². The molecule has 4 N–H and O–H groups in total. The molecule has 1 saturated heterocycles. The van der Waals surface area contributed by atoms with E-state index in [9.17, 15) is 14.4 Å². The van der Waals surface area contributed by atoms with Gasteiger partial charge in [0.25, 0.3) is 0 Å². The largest absolute Gasteiger partial charge is 0.480 e. The molecule has 1 heterocycles. The first-order chi connectivity index (χ1) is 10.4. The van der Waals surface area contributed by atoms with Gasteiger partial charge in [0.15, 0.2) is 0 Å². The first-order valence-electron chi connectivity index (χ1n) is 7.43. The second-order valence-corrected chi connectivity index (χ2v) is 6.54. The summed E-state index contributed by atoms with van der Waals surface area (Å²) < 4.78 is 0. The van der Waals surface area contributed by atoms with Gasteiger partial charge in [0, 0.05) is 19.0 Å². The summed E-state index contributed by atoms with van der Waals surface area (Å²) >= 11 is 1.65. The molecule has 0 radical (unpaired) electrons. The molecule has 9 heteroatoms. The molecule has 0 saturated carbocycles. The van der Waals surface area contributed by atoms with Crippen LogP contribution in [0.25, 0.3) is 0 Å². The molecule has 0 aromatic rings. The van der Waals surface area contributed by atoms with E-state index in [4.69, 9.17) is 10.8 Å². The Bertz CT molecular complexity index is 417. The highest BCUT2D eigenvalue weighted by Gasteiger charge is 2.30. The van der Waals surface area contributed by atoms with E-state index in [0.717, 1.165) is 5.75 Å². The van der Waals surface area contributed by atoms with Crippen molar-refractivity contribution in [2.45, 2.75) is 38.3 Å². The number of carbonyl (C=O) groups is 3. The van der Waals surface area contributed by atoms with Crippen molar-refractivity contribution in [1.82, 2.24) is 10.2 Å². The molecule has 0 spiro atoms. The molecule has 2 unspecified atom stereocenters. The fourth-order valence-electron chi connectivity index (χ4n) is 2.36. The highest BCUT2D eigenvalue weighted by Crippen LogP contribution is 2.18. The van der Waals surface area contributed by atoms with Crippen molar-refractivity contribution in [2.75, 3.05) is 25.1 Å². The predicted octanol–water partition coefficient (Wildman–Crippen LogP) is 0.317. The number of thioether (sulfide) groups is 1. The van der Waals surface area contributed by atoms with Gasteiger partial charge < -0.3 is 21.1 Å². The molecule has 0 aromatic carbocycles. The molecule has 1 aliphatic heterocycles. The van der Waals surface area contributed by atoms with E-state index in [1.165, 1.54) is 6.92 Å². The SMILES string of the molecule is CSCCC(N)C(=O)N1CCC(C(=O)NC(C)C(=O)O)CC1.Cl. The maximum atomic E-state index is 12.2. The minimum Gasteiger partial charge on any atom is -0.480 e. The lowest BCUT2D eigenvalue weighted by molar-refractivity contribution is -0.142. The number of nitrogens with two attached hydrogens (primary N) is 1. The summed E-state index contributed by atoms with van der Waals surface area (Å²) in [6.45, 7) is 2.42. The molecule has 134 valence electrons. The second kappa shape index (κ2) is 10.7. The van der Waals surface area contributed by atoms with Crippen LogP contribution in [-0.4, -0.2) is 65.0 Å². The predicted molar refractivity (Wildman–Crippen MR) is 92.8 cm³/mol. The van der Waals surface area contributed by atoms with Crippen molar-refractivity contribution in [3.05, 3.63) is 0 Å². The second-order valence-electron chi connectivity index (χ2n) is 5.56. The Morgan fingerprint density at radius 3 is 2.39 bits per heavy atom. The number of carbonyl (C=O) groups excluding carboxylic acids is 2.